The van der Waals surface area contributed by atoms with Crippen LogP contribution in [0.25, 0.3) is 22.7 Å². The predicted molar refractivity (Wildman–Crippen MR) is 104 cm³/mol. The molecule has 0 radical (unpaired) electrons. The molecule has 0 N–H and O–H groups in total. The first-order valence-corrected chi connectivity index (χ1v) is 10.2. The Kier molecular flexibility index (Phi) is 4.77. The summed E-state index contributed by atoms with van der Waals surface area (Å²) in [7, 11) is 1.76. The lowest BCUT2D eigenvalue weighted by Gasteiger charge is -2.35. The molecule has 3 aromatic rings. The lowest BCUT2D eigenvalue weighted by atomic mass is 9.66. The first-order valence-electron chi connectivity index (χ1n) is 9.23. The maximum absolute atomic E-state index is 13.1. The van der Waals surface area contributed by atoms with E-state index in [2.05, 4.69) is 21.0 Å². The van der Waals surface area contributed by atoms with Gasteiger partial charge >= 0.3 is 6.18 Å². The van der Waals surface area contributed by atoms with Crippen LogP contribution >= 0.6 is 11.8 Å². The Balaban J connectivity index is 1.84. The highest BCUT2D eigenvalue weighted by atomic mass is 32.2. The van der Waals surface area contributed by atoms with E-state index >= 15 is 0 Å². The van der Waals surface area contributed by atoms with Gasteiger partial charge in [-0.2, -0.15) is 18.4 Å². The third kappa shape index (κ3) is 3.25. The van der Waals surface area contributed by atoms with Crippen molar-refractivity contribution in [1.82, 2.24) is 19.5 Å². The monoisotopic (exact) mass is 417 g/mol. The fraction of sp³-hybridized carbons (Fsp3) is 0.400. The molecule has 1 aliphatic carbocycles. The number of halogens is 3. The van der Waals surface area contributed by atoms with Gasteiger partial charge in [-0.15, -0.1) is 11.8 Å². The Bertz CT molecular complexity index is 1130. The Morgan fingerprint density at radius 1 is 1.24 bits per heavy atom. The van der Waals surface area contributed by atoms with Crippen LogP contribution in [0, 0.1) is 11.3 Å². The summed E-state index contributed by atoms with van der Waals surface area (Å²) in [6.45, 7) is 1.87. The molecular formula is C20H18F3N5S. The molecule has 4 rings (SSSR count). The van der Waals surface area contributed by atoms with Crippen LogP contribution in [0.1, 0.15) is 37.3 Å². The van der Waals surface area contributed by atoms with Gasteiger partial charge in [0.15, 0.2) is 11.5 Å². The van der Waals surface area contributed by atoms with Crippen LogP contribution < -0.4 is 0 Å². The van der Waals surface area contributed by atoms with Gasteiger partial charge in [0, 0.05) is 24.3 Å². The third-order valence-electron chi connectivity index (χ3n) is 5.37. The number of nitriles is 1. The molecule has 0 saturated heterocycles. The largest absolute Gasteiger partial charge is 0.417 e. The second-order valence-electron chi connectivity index (χ2n) is 7.11. The predicted octanol–water partition coefficient (Wildman–Crippen LogP) is 5.11. The molecular weight excluding hydrogens is 399 g/mol. The SMILES string of the molecule is CCSc1cc(C(F)(F)F)cnc1-c1nc2cc(C3(C#N)CCC3)cnc2n1C. The summed E-state index contributed by atoms with van der Waals surface area (Å²) in [4.78, 5) is 13.6. The molecule has 0 unspecified atom stereocenters. The molecule has 0 aromatic carbocycles. The van der Waals surface area contributed by atoms with Crippen molar-refractivity contribution in [2.45, 2.75) is 42.7 Å². The van der Waals surface area contributed by atoms with Gasteiger partial charge in [-0.1, -0.05) is 6.92 Å². The van der Waals surface area contributed by atoms with Crippen LogP contribution in [-0.2, 0) is 18.6 Å². The first kappa shape index (κ1) is 19.7. The van der Waals surface area contributed by atoms with Gasteiger partial charge < -0.3 is 4.57 Å². The van der Waals surface area contributed by atoms with Crippen molar-refractivity contribution in [2.75, 3.05) is 5.75 Å². The number of aromatic nitrogens is 4. The summed E-state index contributed by atoms with van der Waals surface area (Å²) in [5.74, 6) is 1.06. The molecule has 3 aromatic heterocycles. The molecule has 1 fully saturated rings. The van der Waals surface area contributed by atoms with Crippen LogP contribution in [0.15, 0.2) is 29.4 Å². The number of hydrogen-bond donors (Lipinski definition) is 0. The second kappa shape index (κ2) is 7.02. The highest BCUT2D eigenvalue weighted by molar-refractivity contribution is 7.99. The topological polar surface area (TPSA) is 67.4 Å². The Labute approximate surface area is 170 Å². The molecule has 5 nitrogen and oxygen atoms in total. The minimum Gasteiger partial charge on any atom is -0.310 e. The van der Waals surface area contributed by atoms with E-state index in [1.54, 1.807) is 17.8 Å². The molecule has 29 heavy (non-hydrogen) atoms. The fourth-order valence-corrected chi connectivity index (χ4v) is 4.38. The van der Waals surface area contributed by atoms with E-state index < -0.39 is 17.2 Å². The minimum atomic E-state index is -4.45. The molecule has 0 amide bonds. The smallest absolute Gasteiger partial charge is 0.310 e. The van der Waals surface area contributed by atoms with Gasteiger partial charge in [-0.25, -0.2) is 9.97 Å². The van der Waals surface area contributed by atoms with E-state index in [1.807, 2.05) is 13.0 Å². The maximum Gasteiger partial charge on any atom is 0.417 e. The molecule has 150 valence electrons. The number of alkyl halides is 3. The van der Waals surface area contributed by atoms with E-state index in [9.17, 15) is 18.4 Å². The molecule has 0 aliphatic heterocycles. The summed E-state index contributed by atoms with van der Waals surface area (Å²) in [5, 5.41) is 9.58. The Morgan fingerprint density at radius 3 is 2.59 bits per heavy atom. The zero-order chi connectivity index (χ0) is 20.8. The molecule has 3 heterocycles. The van der Waals surface area contributed by atoms with Crippen LogP contribution in [0.3, 0.4) is 0 Å². The van der Waals surface area contributed by atoms with Gasteiger partial charge in [-0.3, -0.25) is 4.98 Å². The molecule has 1 aliphatic rings. The average Bonchev–Trinajstić information content (AvgIpc) is 2.97. The van der Waals surface area contributed by atoms with Crippen LogP contribution in [0.5, 0.6) is 0 Å². The third-order valence-corrected chi connectivity index (χ3v) is 6.29. The number of nitrogens with zero attached hydrogens (tertiary/aromatic N) is 5. The van der Waals surface area contributed by atoms with Gasteiger partial charge in [0.1, 0.15) is 11.2 Å². The summed E-state index contributed by atoms with van der Waals surface area (Å²) in [5.41, 5.74) is 1.16. The number of pyridine rings is 2. The van der Waals surface area contributed by atoms with Crippen LogP contribution in [0.2, 0.25) is 0 Å². The van der Waals surface area contributed by atoms with Crippen LogP contribution in [0.4, 0.5) is 13.2 Å². The van der Waals surface area contributed by atoms with Gasteiger partial charge in [0.05, 0.1) is 17.0 Å². The Hall–Kier alpha value is -2.60. The Morgan fingerprint density at radius 2 is 2.00 bits per heavy atom. The van der Waals surface area contributed by atoms with Crippen molar-refractivity contribution in [1.29, 1.82) is 5.26 Å². The van der Waals surface area contributed by atoms with E-state index in [-0.39, 0.29) is 0 Å². The molecule has 0 atom stereocenters. The number of aryl methyl sites for hydroxylation is 1. The highest BCUT2D eigenvalue weighted by Gasteiger charge is 2.39. The van der Waals surface area contributed by atoms with Crippen molar-refractivity contribution >= 4 is 22.9 Å². The van der Waals surface area contributed by atoms with E-state index in [4.69, 9.17) is 0 Å². The van der Waals surface area contributed by atoms with Gasteiger partial charge in [-0.05, 0) is 42.7 Å². The van der Waals surface area contributed by atoms with Crippen molar-refractivity contribution in [2.24, 2.45) is 7.05 Å². The van der Waals surface area contributed by atoms with E-state index in [0.717, 1.165) is 37.1 Å². The molecule has 9 heteroatoms. The van der Waals surface area contributed by atoms with Crippen molar-refractivity contribution < 1.29 is 13.2 Å². The minimum absolute atomic E-state index is 0.394. The summed E-state index contributed by atoms with van der Waals surface area (Å²) in [6.07, 6.45) is 0.699. The van der Waals surface area contributed by atoms with Gasteiger partial charge in [0.25, 0.3) is 0 Å². The zero-order valence-electron chi connectivity index (χ0n) is 15.9. The lowest BCUT2D eigenvalue weighted by Crippen LogP contribution is -2.32. The normalized spacial score (nSPS) is 15.9. The van der Waals surface area contributed by atoms with E-state index in [1.165, 1.54) is 11.8 Å². The number of imidazole rings is 1. The lowest BCUT2D eigenvalue weighted by molar-refractivity contribution is -0.138. The quantitative estimate of drug-likeness (QED) is 0.552. The van der Waals surface area contributed by atoms with Crippen molar-refractivity contribution in [3.63, 3.8) is 0 Å². The van der Waals surface area contributed by atoms with Gasteiger partial charge in [0.2, 0.25) is 0 Å². The molecule has 1 saturated carbocycles. The highest BCUT2D eigenvalue weighted by Crippen LogP contribution is 2.43. The summed E-state index contributed by atoms with van der Waals surface area (Å²) in [6, 6.07) is 5.38. The molecule has 0 spiro atoms. The average molecular weight is 417 g/mol. The summed E-state index contributed by atoms with van der Waals surface area (Å²) < 4.78 is 41.1. The first-order chi connectivity index (χ1) is 13.8. The second-order valence-corrected chi connectivity index (χ2v) is 8.42. The molecule has 0 bridgehead atoms. The fourth-order valence-electron chi connectivity index (χ4n) is 3.58. The maximum atomic E-state index is 13.1. The van der Waals surface area contributed by atoms with Crippen molar-refractivity contribution in [3.8, 4) is 17.6 Å². The number of hydrogen-bond acceptors (Lipinski definition) is 5. The van der Waals surface area contributed by atoms with Crippen LogP contribution in [-0.4, -0.2) is 25.3 Å². The number of fused-ring (bicyclic) bond motifs is 1. The summed E-state index contributed by atoms with van der Waals surface area (Å²) >= 11 is 1.29. The zero-order valence-corrected chi connectivity index (χ0v) is 16.7. The number of rotatable bonds is 4. The standard InChI is InChI=1S/C20H18F3N5S/c1-3-29-15-8-13(20(21,22)23)10-25-16(15)18-27-14-7-12(9-26-17(14)28(18)2)19(11-24)5-4-6-19/h7-10H,3-6H2,1-2H3. The van der Waals surface area contributed by atoms with E-state index in [0.29, 0.717) is 33.3 Å². The van der Waals surface area contributed by atoms with Crippen molar-refractivity contribution in [3.05, 3.63) is 35.7 Å². The number of thioether (sulfide) groups is 1.